The van der Waals surface area contributed by atoms with Crippen molar-refractivity contribution in [3.8, 4) is 0 Å². The smallest absolute Gasteiger partial charge is 0.111 e. The van der Waals surface area contributed by atoms with Crippen LogP contribution >= 0.6 is 0 Å². The molecule has 0 radical (unpaired) electrons. The Hall–Kier alpha value is -2.50. The van der Waals surface area contributed by atoms with E-state index in [1.807, 2.05) is 0 Å². The summed E-state index contributed by atoms with van der Waals surface area (Å²) in [6, 6.07) is 8.05. The summed E-state index contributed by atoms with van der Waals surface area (Å²) < 4.78 is 5.40. The molecule has 0 saturated carbocycles. The predicted molar refractivity (Wildman–Crippen MR) is 137 cm³/mol. The normalized spacial score (nSPS) is 27.8. The van der Waals surface area contributed by atoms with Crippen molar-refractivity contribution in [3.63, 3.8) is 0 Å². The summed E-state index contributed by atoms with van der Waals surface area (Å²) in [5.74, 6) is 0.662. The molecule has 0 amide bonds. The number of aryl methyl sites for hydroxylation is 1. The Bertz CT molecular complexity index is 1170. The average Bonchev–Trinajstić information content (AvgIpc) is 3.40. The van der Waals surface area contributed by atoms with Gasteiger partial charge in [-0.15, -0.1) is 0 Å². The van der Waals surface area contributed by atoms with E-state index in [0.29, 0.717) is 12.0 Å². The van der Waals surface area contributed by atoms with Crippen molar-refractivity contribution >= 4 is 28.5 Å². The Morgan fingerprint density at radius 3 is 2.76 bits per heavy atom. The molecule has 4 aliphatic rings. The number of hydrogen-bond donors (Lipinski definition) is 1. The predicted octanol–water partition coefficient (Wildman–Crippen LogP) is 5.28. The number of ether oxygens (including phenoxy) is 1. The first-order valence-corrected chi connectivity index (χ1v) is 12.7. The van der Waals surface area contributed by atoms with Gasteiger partial charge in [0.25, 0.3) is 0 Å². The molecule has 1 aromatic carbocycles. The van der Waals surface area contributed by atoms with Gasteiger partial charge in [-0.3, -0.25) is 9.89 Å². The maximum Gasteiger partial charge on any atom is 0.111 e. The van der Waals surface area contributed by atoms with Gasteiger partial charge in [0.1, 0.15) is 6.34 Å². The lowest BCUT2D eigenvalue weighted by Crippen LogP contribution is -2.51. The van der Waals surface area contributed by atoms with Crippen LogP contribution in [0, 0.1) is 0 Å². The van der Waals surface area contributed by atoms with Crippen LogP contribution in [0.15, 0.2) is 45.9 Å². The number of fused-ring (bicyclic) bond motifs is 2. The van der Waals surface area contributed by atoms with Crippen LogP contribution in [-0.2, 0) is 11.2 Å². The molecular formula is C28H34N4O. The highest BCUT2D eigenvalue weighted by molar-refractivity contribution is 6.11. The highest BCUT2D eigenvalue weighted by Gasteiger charge is 2.30. The number of aromatic nitrogens is 1. The van der Waals surface area contributed by atoms with Gasteiger partial charge in [-0.2, -0.15) is 0 Å². The number of piperidine rings is 1. The lowest BCUT2D eigenvalue weighted by atomic mass is 9.87. The minimum Gasteiger partial charge on any atom is -0.378 e. The Kier molecular flexibility index (Phi) is 5.55. The van der Waals surface area contributed by atoms with Crippen molar-refractivity contribution in [1.82, 2.24) is 9.88 Å². The lowest BCUT2D eigenvalue weighted by Gasteiger charge is -2.41. The molecule has 2 aromatic rings. The van der Waals surface area contributed by atoms with E-state index in [1.54, 1.807) is 6.34 Å². The number of likely N-dealkylation sites (tertiary alicyclic amines) is 1. The summed E-state index contributed by atoms with van der Waals surface area (Å²) in [5.41, 5.74) is 9.14. The molecular weight excluding hydrogens is 408 g/mol. The third-order valence-electron chi connectivity index (χ3n) is 8.05. The van der Waals surface area contributed by atoms with Gasteiger partial charge in [0.05, 0.1) is 31.0 Å². The van der Waals surface area contributed by atoms with Crippen LogP contribution in [0.25, 0.3) is 16.5 Å². The van der Waals surface area contributed by atoms with Crippen molar-refractivity contribution in [2.75, 3.05) is 26.3 Å². The van der Waals surface area contributed by atoms with E-state index >= 15 is 0 Å². The zero-order valence-corrected chi connectivity index (χ0v) is 19.8. The van der Waals surface area contributed by atoms with E-state index in [-0.39, 0.29) is 6.04 Å². The molecule has 3 aliphatic heterocycles. The number of rotatable bonds is 4. The van der Waals surface area contributed by atoms with E-state index in [9.17, 15) is 0 Å². The zero-order chi connectivity index (χ0) is 22.4. The summed E-state index contributed by atoms with van der Waals surface area (Å²) in [6.45, 7) is 8.69. The zero-order valence-electron chi connectivity index (χ0n) is 19.8. The number of aliphatic imine (C=N–C) groups is 2. The van der Waals surface area contributed by atoms with Crippen molar-refractivity contribution in [2.24, 2.45) is 9.98 Å². The fourth-order valence-electron chi connectivity index (χ4n) is 6.01. The molecule has 1 aromatic heterocycles. The van der Waals surface area contributed by atoms with Gasteiger partial charge in [-0.05, 0) is 98.5 Å². The Labute approximate surface area is 196 Å². The number of allylic oxidation sites excluding steroid dienone is 3. The van der Waals surface area contributed by atoms with Crippen LogP contribution in [0.4, 0.5) is 0 Å². The molecule has 172 valence electrons. The van der Waals surface area contributed by atoms with Crippen LogP contribution in [0.1, 0.15) is 62.3 Å². The summed E-state index contributed by atoms with van der Waals surface area (Å²) in [4.78, 5) is 15.5. The minimum absolute atomic E-state index is 0.234. The fourth-order valence-corrected chi connectivity index (χ4v) is 6.01. The first-order chi connectivity index (χ1) is 16.2. The maximum atomic E-state index is 5.40. The summed E-state index contributed by atoms with van der Waals surface area (Å²) in [5, 5.41) is 1.40. The van der Waals surface area contributed by atoms with Crippen LogP contribution in [-0.4, -0.2) is 60.3 Å². The second-order valence-electron chi connectivity index (χ2n) is 10.00. The van der Waals surface area contributed by atoms with E-state index in [4.69, 9.17) is 4.74 Å². The molecule has 1 unspecified atom stereocenters. The first-order valence-electron chi connectivity index (χ1n) is 12.7. The molecule has 33 heavy (non-hydrogen) atoms. The molecule has 0 spiro atoms. The van der Waals surface area contributed by atoms with E-state index in [0.717, 1.165) is 38.2 Å². The fraction of sp³-hybridized carbons (Fsp3) is 0.500. The highest BCUT2D eigenvalue weighted by atomic mass is 16.5. The van der Waals surface area contributed by atoms with Crippen molar-refractivity contribution in [3.05, 3.63) is 52.7 Å². The van der Waals surface area contributed by atoms with Gasteiger partial charge in [-0.25, -0.2) is 4.99 Å². The van der Waals surface area contributed by atoms with Gasteiger partial charge < -0.3 is 9.72 Å². The number of nitrogens with one attached hydrogen (secondary N) is 1. The number of benzene rings is 1. The van der Waals surface area contributed by atoms with Gasteiger partial charge in [0, 0.05) is 16.6 Å². The molecule has 1 N–H and O–H groups in total. The highest BCUT2D eigenvalue weighted by Crippen LogP contribution is 2.36. The summed E-state index contributed by atoms with van der Waals surface area (Å²) in [6.07, 6.45) is 12.0. The van der Waals surface area contributed by atoms with E-state index < -0.39 is 0 Å². The molecule has 2 fully saturated rings. The second-order valence-corrected chi connectivity index (χ2v) is 10.00. The molecule has 5 heteroatoms. The van der Waals surface area contributed by atoms with Crippen molar-refractivity contribution in [1.29, 1.82) is 0 Å². The van der Waals surface area contributed by atoms with E-state index in [1.165, 1.54) is 64.8 Å². The maximum absolute atomic E-state index is 5.40. The molecule has 1 atom stereocenters. The number of nitrogens with zero attached hydrogens (tertiary/aromatic N) is 3. The van der Waals surface area contributed by atoms with Gasteiger partial charge in [0.15, 0.2) is 0 Å². The Morgan fingerprint density at radius 1 is 1.15 bits per heavy atom. The number of H-pyrrole nitrogens is 1. The van der Waals surface area contributed by atoms with Gasteiger partial charge in [0.2, 0.25) is 0 Å². The first kappa shape index (κ1) is 21.1. The van der Waals surface area contributed by atoms with Crippen LogP contribution in [0.5, 0.6) is 0 Å². The minimum atomic E-state index is 0.234. The lowest BCUT2D eigenvalue weighted by molar-refractivity contribution is -0.0712. The quantitative estimate of drug-likeness (QED) is 0.700. The molecule has 0 bridgehead atoms. The second kappa shape index (κ2) is 8.69. The Morgan fingerprint density at radius 2 is 2.00 bits per heavy atom. The van der Waals surface area contributed by atoms with Crippen molar-refractivity contribution < 1.29 is 4.74 Å². The molecule has 4 heterocycles. The summed E-state index contributed by atoms with van der Waals surface area (Å²) >= 11 is 0. The average molecular weight is 443 g/mol. The molecule has 2 saturated heterocycles. The largest absolute Gasteiger partial charge is 0.378 e. The molecule has 6 rings (SSSR count). The van der Waals surface area contributed by atoms with Gasteiger partial charge >= 0.3 is 0 Å². The standard InChI is InChI=1S/C28H34N4O/c1-3-23-24-14-20(19-9-11-32(12-10-19)22-15-33-16-22)7-8-25(24)31-28(23)21-5-4-6-26-27(18(2)13-21)30-17-29-26/h5,7-8,13-14,17,19,22,26,31H,3-4,6,9-12,15-16H2,1-2H3/b18-13-,21-5+. The third-order valence-corrected chi connectivity index (χ3v) is 8.05. The third kappa shape index (κ3) is 3.81. The molecule has 1 aliphatic carbocycles. The van der Waals surface area contributed by atoms with Crippen LogP contribution in [0.2, 0.25) is 0 Å². The van der Waals surface area contributed by atoms with Crippen LogP contribution in [0.3, 0.4) is 0 Å². The van der Waals surface area contributed by atoms with Crippen molar-refractivity contribution in [2.45, 2.75) is 64.0 Å². The van der Waals surface area contributed by atoms with Gasteiger partial charge in [-0.1, -0.05) is 19.1 Å². The number of hydrogen-bond acceptors (Lipinski definition) is 4. The summed E-state index contributed by atoms with van der Waals surface area (Å²) in [7, 11) is 0. The Balaban J connectivity index is 1.29. The molecule has 5 nitrogen and oxygen atoms in total. The SMILES string of the molecule is CCc1c(C2=C/CCC3N=CN=C3/C(C)=C\2)[nH]c2ccc(C3CCN(C4COC4)CC3)cc12. The van der Waals surface area contributed by atoms with E-state index in [2.05, 4.69) is 64.1 Å². The van der Waals surface area contributed by atoms with Crippen LogP contribution < -0.4 is 0 Å². The topological polar surface area (TPSA) is 53.0 Å². The monoisotopic (exact) mass is 442 g/mol. The number of aromatic amines is 1.